The van der Waals surface area contributed by atoms with Crippen LogP contribution in [-0.4, -0.2) is 74.9 Å². The first kappa shape index (κ1) is 13.8. The van der Waals surface area contributed by atoms with Crippen molar-refractivity contribution in [3.8, 4) is 0 Å². The van der Waals surface area contributed by atoms with Crippen LogP contribution in [0.1, 0.15) is 25.7 Å². The number of likely N-dealkylation sites (tertiary alicyclic amines) is 1. The average molecular weight is 267 g/mol. The van der Waals surface area contributed by atoms with Crippen LogP contribution in [0.25, 0.3) is 0 Å². The molecule has 3 rings (SSSR count). The number of piperidine rings is 1. The van der Waals surface area contributed by atoms with Gasteiger partial charge in [-0.2, -0.15) is 0 Å². The molecule has 4 nitrogen and oxygen atoms in total. The molecule has 0 amide bonds. The van der Waals surface area contributed by atoms with E-state index in [0.29, 0.717) is 0 Å². The Labute approximate surface area is 117 Å². The lowest BCUT2D eigenvalue weighted by molar-refractivity contribution is 0.0306. The van der Waals surface area contributed by atoms with Crippen molar-refractivity contribution in [3.63, 3.8) is 0 Å². The van der Waals surface area contributed by atoms with Crippen LogP contribution < -0.4 is 5.32 Å². The van der Waals surface area contributed by atoms with Crippen LogP contribution >= 0.6 is 0 Å². The van der Waals surface area contributed by atoms with Gasteiger partial charge < -0.3 is 10.1 Å². The Morgan fingerprint density at radius 2 is 1.74 bits per heavy atom. The summed E-state index contributed by atoms with van der Waals surface area (Å²) in [6, 6.07) is 0.878. The maximum absolute atomic E-state index is 5.43. The summed E-state index contributed by atoms with van der Waals surface area (Å²) in [5.74, 6) is 0.952. The highest BCUT2D eigenvalue weighted by molar-refractivity contribution is 4.87. The van der Waals surface area contributed by atoms with Gasteiger partial charge in [-0.3, -0.25) is 9.80 Å². The second-order valence-corrected chi connectivity index (χ2v) is 6.29. The van der Waals surface area contributed by atoms with E-state index in [0.717, 1.165) is 38.3 Å². The summed E-state index contributed by atoms with van der Waals surface area (Å²) in [6.45, 7) is 10.4. The number of nitrogens with one attached hydrogen (secondary N) is 1. The van der Waals surface area contributed by atoms with Crippen LogP contribution in [0.5, 0.6) is 0 Å². The molecule has 3 aliphatic rings. The maximum atomic E-state index is 5.43. The zero-order chi connectivity index (χ0) is 12.9. The third-order valence-electron chi connectivity index (χ3n) is 5.15. The first-order valence-corrected chi connectivity index (χ1v) is 8.18. The standard InChI is InChI=1S/C15H29N3O/c1-2-15(14-3-5-16-6-4-14)18(7-1)9-8-17-10-12-19-13-11-17/h14-16H,1-13H2. The lowest BCUT2D eigenvalue weighted by Crippen LogP contribution is -2.45. The van der Waals surface area contributed by atoms with Gasteiger partial charge in [0.15, 0.2) is 0 Å². The summed E-state index contributed by atoms with van der Waals surface area (Å²) in [6.07, 6.45) is 5.63. The minimum Gasteiger partial charge on any atom is -0.379 e. The molecule has 0 bridgehead atoms. The molecule has 3 fully saturated rings. The monoisotopic (exact) mass is 267 g/mol. The van der Waals surface area contributed by atoms with Gasteiger partial charge in [-0.05, 0) is 51.2 Å². The number of hydrogen-bond acceptors (Lipinski definition) is 4. The van der Waals surface area contributed by atoms with E-state index in [9.17, 15) is 0 Å². The first-order valence-electron chi connectivity index (χ1n) is 8.18. The van der Waals surface area contributed by atoms with E-state index >= 15 is 0 Å². The van der Waals surface area contributed by atoms with Crippen LogP contribution in [0.2, 0.25) is 0 Å². The molecule has 0 aromatic carbocycles. The Hall–Kier alpha value is -0.160. The van der Waals surface area contributed by atoms with Crippen molar-refractivity contribution in [1.82, 2.24) is 15.1 Å². The largest absolute Gasteiger partial charge is 0.379 e. The fourth-order valence-corrected chi connectivity index (χ4v) is 3.99. The lowest BCUT2D eigenvalue weighted by Gasteiger charge is -2.36. The van der Waals surface area contributed by atoms with Crippen LogP contribution in [0.4, 0.5) is 0 Å². The Morgan fingerprint density at radius 3 is 2.53 bits per heavy atom. The molecule has 3 heterocycles. The molecular formula is C15H29N3O. The number of nitrogens with zero attached hydrogens (tertiary/aromatic N) is 2. The molecule has 0 aromatic heterocycles. The summed E-state index contributed by atoms with van der Waals surface area (Å²) in [5, 5.41) is 3.50. The van der Waals surface area contributed by atoms with E-state index in [-0.39, 0.29) is 0 Å². The van der Waals surface area contributed by atoms with Crippen molar-refractivity contribution >= 4 is 0 Å². The van der Waals surface area contributed by atoms with Gasteiger partial charge in [-0.1, -0.05) is 0 Å². The molecule has 0 spiro atoms. The quantitative estimate of drug-likeness (QED) is 0.815. The van der Waals surface area contributed by atoms with E-state index in [4.69, 9.17) is 4.74 Å². The SMILES string of the molecule is C1CC(C2CCNCC2)N(CCN2CCOCC2)C1. The van der Waals surface area contributed by atoms with E-state index in [1.165, 1.54) is 58.4 Å². The second kappa shape index (κ2) is 7.02. The first-order chi connectivity index (χ1) is 9.43. The van der Waals surface area contributed by atoms with Gasteiger partial charge in [0.05, 0.1) is 13.2 Å². The van der Waals surface area contributed by atoms with E-state index in [2.05, 4.69) is 15.1 Å². The normalized spacial score (nSPS) is 31.9. The molecular weight excluding hydrogens is 238 g/mol. The molecule has 0 aliphatic carbocycles. The molecule has 1 unspecified atom stereocenters. The van der Waals surface area contributed by atoms with Crippen molar-refractivity contribution in [3.05, 3.63) is 0 Å². The molecule has 0 saturated carbocycles. The van der Waals surface area contributed by atoms with Crippen LogP contribution in [0.3, 0.4) is 0 Å². The number of rotatable bonds is 4. The third kappa shape index (κ3) is 3.69. The van der Waals surface area contributed by atoms with E-state index < -0.39 is 0 Å². The van der Waals surface area contributed by atoms with Crippen LogP contribution in [-0.2, 0) is 4.74 Å². The minimum atomic E-state index is 0.878. The topological polar surface area (TPSA) is 27.7 Å². The van der Waals surface area contributed by atoms with Gasteiger partial charge >= 0.3 is 0 Å². The van der Waals surface area contributed by atoms with Crippen molar-refractivity contribution < 1.29 is 4.74 Å². The van der Waals surface area contributed by atoms with E-state index in [1.54, 1.807) is 0 Å². The predicted molar refractivity (Wildman–Crippen MR) is 77.4 cm³/mol. The van der Waals surface area contributed by atoms with Gasteiger partial charge in [0.25, 0.3) is 0 Å². The maximum Gasteiger partial charge on any atom is 0.0594 e. The number of ether oxygens (including phenoxy) is 1. The Kier molecular flexibility index (Phi) is 5.10. The van der Waals surface area contributed by atoms with E-state index in [1.807, 2.05) is 0 Å². The van der Waals surface area contributed by atoms with Crippen LogP contribution in [0, 0.1) is 5.92 Å². The molecule has 0 radical (unpaired) electrons. The lowest BCUT2D eigenvalue weighted by atomic mass is 9.89. The van der Waals surface area contributed by atoms with Gasteiger partial charge in [0.2, 0.25) is 0 Å². The Bertz CT molecular complexity index is 262. The molecule has 3 aliphatic heterocycles. The highest BCUT2D eigenvalue weighted by Gasteiger charge is 2.32. The molecule has 19 heavy (non-hydrogen) atoms. The smallest absolute Gasteiger partial charge is 0.0594 e. The molecule has 4 heteroatoms. The van der Waals surface area contributed by atoms with Crippen molar-refractivity contribution in [2.75, 3.05) is 59.0 Å². The molecule has 1 N–H and O–H groups in total. The second-order valence-electron chi connectivity index (χ2n) is 6.29. The fraction of sp³-hybridized carbons (Fsp3) is 1.00. The molecule has 3 saturated heterocycles. The summed E-state index contributed by atoms with van der Waals surface area (Å²) < 4.78 is 5.43. The number of hydrogen-bond donors (Lipinski definition) is 1. The molecule has 1 atom stereocenters. The van der Waals surface area contributed by atoms with Crippen molar-refractivity contribution in [2.45, 2.75) is 31.7 Å². The molecule has 110 valence electrons. The summed E-state index contributed by atoms with van der Waals surface area (Å²) in [5.41, 5.74) is 0. The number of morpholine rings is 1. The van der Waals surface area contributed by atoms with Gasteiger partial charge in [0, 0.05) is 32.2 Å². The van der Waals surface area contributed by atoms with Gasteiger partial charge in [0.1, 0.15) is 0 Å². The highest BCUT2D eigenvalue weighted by atomic mass is 16.5. The average Bonchev–Trinajstić information content (AvgIpc) is 2.95. The predicted octanol–water partition coefficient (Wildman–Crippen LogP) is 0.783. The van der Waals surface area contributed by atoms with Gasteiger partial charge in [-0.25, -0.2) is 0 Å². The van der Waals surface area contributed by atoms with Gasteiger partial charge in [-0.15, -0.1) is 0 Å². The fourth-order valence-electron chi connectivity index (χ4n) is 3.99. The minimum absolute atomic E-state index is 0.878. The Morgan fingerprint density at radius 1 is 0.947 bits per heavy atom. The highest BCUT2D eigenvalue weighted by Crippen LogP contribution is 2.29. The molecule has 0 aromatic rings. The zero-order valence-electron chi connectivity index (χ0n) is 12.1. The summed E-state index contributed by atoms with van der Waals surface area (Å²) in [7, 11) is 0. The summed E-state index contributed by atoms with van der Waals surface area (Å²) >= 11 is 0. The zero-order valence-corrected chi connectivity index (χ0v) is 12.1. The third-order valence-corrected chi connectivity index (χ3v) is 5.15. The Balaban J connectivity index is 1.45. The summed E-state index contributed by atoms with van der Waals surface area (Å²) in [4.78, 5) is 5.35. The van der Waals surface area contributed by atoms with Crippen molar-refractivity contribution in [2.24, 2.45) is 5.92 Å². The van der Waals surface area contributed by atoms with Crippen LogP contribution in [0.15, 0.2) is 0 Å². The van der Waals surface area contributed by atoms with Crippen molar-refractivity contribution in [1.29, 1.82) is 0 Å².